The molecule has 4 nitrogen and oxygen atoms in total. The van der Waals surface area contributed by atoms with E-state index in [0.29, 0.717) is 0 Å². The summed E-state index contributed by atoms with van der Waals surface area (Å²) in [6, 6.07) is 68.2. The molecule has 72 heavy (non-hydrogen) atoms. The highest BCUT2D eigenvalue weighted by Crippen LogP contribution is 2.56. The number of rotatable bonds is 5. The summed E-state index contributed by atoms with van der Waals surface area (Å²) in [5.41, 5.74) is 20.3. The molecule has 0 saturated carbocycles. The smallest absolute Gasteiger partial charge is 0.0782 e. The van der Waals surface area contributed by atoms with Crippen molar-refractivity contribution in [1.82, 2.24) is 9.13 Å². The molecule has 4 aliphatic rings. The number of benzene rings is 8. The van der Waals surface area contributed by atoms with Crippen molar-refractivity contribution in [3.8, 4) is 11.4 Å². The number of fused-ring (bicyclic) bond motifs is 14. The molecule has 4 unspecified atom stereocenters. The lowest BCUT2D eigenvalue weighted by atomic mass is 9.81. The molecule has 14 rings (SSSR count). The van der Waals surface area contributed by atoms with Crippen LogP contribution in [0, 0.1) is 0 Å². The van der Waals surface area contributed by atoms with Crippen LogP contribution in [-0.2, 0) is 10.8 Å². The summed E-state index contributed by atoms with van der Waals surface area (Å²) in [5, 5.41) is 5.16. The van der Waals surface area contributed by atoms with Gasteiger partial charge in [-0.2, -0.15) is 0 Å². The predicted molar refractivity (Wildman–Crippen MR) is 304 cm³/mol. The fraction of sp³-hybridized carbons (Fsp3) is 0.176. The standard InChI is InChI=1S/C68H58N4/c1-67(2,3)45-29-37-61-57(41-45)53-33-31-51-55-39-43(27-35-59(55)69(47-19-11-7-12-20-47)63(51)65(53)71(61)49-23-15-9-16-24-49)44-28-36-60-56(40-44)52-32-34-54-58-42-46(68(4,5)6)30-38-62(58)72(50-25-17-10-18-26-50)66(54)64(52)70(60)48-21-13-8-14-22-48/h7-42,55-56,59-60H,1-6H3. The van der Waals surface area contributed by atoms with E-state index in [2.05, 4.69) is 279 Å². The third-order valence-electron chi connectivity index (χ3n) is 16.2. The van der Waals surface area contributed by atoms with Crippen LogP contribution >= 0.6 is 0 Å². The molecule has 0 spiro atoms. The van der Waals surface area contributed by atoms with Gasteiger partial charge in [0, 0.05) is 56.1 Å². The molecular weight excluding hydrogens is 873 g/mol. The Balaban J connectivity index is 0.953. The Hall–Kier alpha value is -8.08. The molecule has 0 saturated heterocycles. The van der Waals surface area contributed by atoms with Gasteiger partial charge in [-0.25, -0.2) is 0 Å². The van der Waals surface area contributed by atoms with Gasteiger partial charge in [-0.05, 0) is 117 Å². The summed E-state index contributed by atoms with van der Waals surface area (Å²) >= 11 is 0. The Morgan fingerprint density at radius 3 is 1.08 bits per heavy atom. The Bertz CT molecular complexity index is 3690. The molecule has 2 aromatic heterocycles. The fourth-order valence-corrected chi connectivity index (χ4v) is 12.7. The van der Waals surface area contributed by atoms with E-state index in [1.807, 2.05) is 0 Å². The van der Waals surface area contributed by atoms with E-state index in [1.54, 1.807) is 0 Å². The number of hydrogen-bond acceptors (Lipinski definition) is 2. The number of hydrogen-bond donors (Lipinski definition) is 0. The van der Waals surface area contributed by atoms with Crippen molar-refractivity contribution in [2.75, 3.05) is 9.80 Å². The molecule has 4 atom stereocenters. The zero-order valence-corrected chi connectivity index (χ0v) is 41.9. The maximum atomic E-state index is 2.63. The number of para-hydroxylation sites is 4. The molecular formula is C68H58N4. The summed E-state index contributed by atoms with van der Waals surface area (Å²) < 4.78 is 5.05. The highest BCUT2D eigenvalue weighted by molar-refractivity contribution is 6.17. The fourth-order valence-electron chi connectivity index (χ4n) is 12.7. The Labute approximate surface area is 422 Å². The summed E-state index contributed by atoms with van der Waals surface area (Å²) in [7, 11) is 0. The molecule has 4 heterocycles. The van der Waals surface area contributed by atoms with Crippen molar-refractivity contribution in [2.24, 2.45) is 0 Å². The minimum absolute atomic E-state index is 0.0244. The first-order valence-electron chi connectivity index (χ1n) is 25.8. The van der Waals surface area contributed by atoms with Crippen molar-refractivity contribution in [3.63, 3.8) is 0 Å². The number of allylic oxidation sites excluding steroid dienone is 4. The van der Waals surface area contributed by atoms with E-state index in [-0.39, 0.29) is 34.7 Å². The van der Waals surface area contributed by atoms with Crippen LogP contribution in [0.15, 0.2) is 230 Å². The second kappa shape index (κ2) is 15.7. The van der Waals surface area contributed by atoms with Gasteiger partial charge < -0.3 is 18.9 Å². The molecule has 10 aromatic rings. The van der Waals surface area contributed by atoms with Gasteiger partial charge in [-0.3, -0.25) is 0 Å². The Kier molecular flexibility index (Phi) is 9.33. The minimum atomic E-state index is 0.0244. The second-order valence-electron chi connectivity index (χ2n) is 22.5. The third-order valence-corrected chi connectivity index (χ3v) is 16.2. The summed E-state index contributed by atoms with van der Waals surface area (Å²) in [5.74, 6) is 0.278. The van der Waals surface area contributed by atoms with Gasteiger partial charge in [0.15, 0.2) is 0 Å². The highest BCUT2D eigenvalue weighted by Gasteiger charge is 2.44. The van der Waals surface area contributed by atoms with Crippen LogP contribution in [0.4, 0.5) is 22.7 Å². The molecule has 0 bridgehead atoms. The topological polar surface area (TPSA) is 16.3 Å². The van der Waals surface area contributed by atoms with Gasteiger partial charge in [0.05, 0.1) is 45.5 Å². The van der Waals surface area contributed by atoms with Gasteiger partial charge in [0.2, 0.25) is 0 Å². The van der Waals surface area contributed by atoms with Gasteiger partial charge >= 0.3 is 0 Å². The first-order valence-corrected chi connectivity index (χ1v) is 25.8. The minimum Gasteiger partial charge on any atom is -0.332 e. The van der Waals surface area contributed by atoms with Crippen molar-refractivity contribution in [1.29, 1.82) is 0 Å². The number of anilines is 4. The molecule has 2 aliphatic carbocycles. The number of aromatic nitrogens is 2. The quantitative estimate of drug-likeness (QED) is 0.171. The van der Waals surface area contributed by atoms with Crippen LogP contribution < -0.4 is 9.80 Å². The molecule has 8 aromatic carbocycles. The molecule has 350 valence electrons. The van der Waals surface area contributed by atoms with E-state index in [4.69, 9.17) is 0 Å². The van der Waals surface area contributed by atoms with Crippen molar-refractivity contribution >= 4 is 66.4 Å². The molecule has 0 amide bonds. The van der Waals surface area contributed by atoms with Crippen LogP contribution in [0.3, 0.4) is 0 Å². The van der Waals surface area contributed by atoms with Gasteiger partial charge in [-0.1, -0.05) is 187 Å². The SMILES string of the molecule is CC(C)(C)c1ccc2c(c1)c1ccc3c(c1n2-c1ccccc1)N(c1ccccc1)C1C=CC(C2=CC4c5ccc6c7cc(C(C)(C)C)ccc7n(-c7ccccc7)c6c5N(c5ccccc5)C4C=C2)=CC31. The monoisotopic (exact) mass is 930 g/mol. The maximum Gasteiger partial charge on any atom is 0.0782 e. The lowest BCUT2D eigenvalue weighted by molar-refractivity contribution is 0.591. The van der Waals surface area contributed by atoms with Crippen molar-refractivity contribution in [2.45, 2.75) is 76.3 Å². The molecule has 4 heteroatoms. The van der Waals surface area contributed by atoms with E-state index in [1.165, 1.54) is 111 Å². The average Bonchev–Trinajstić information content (AvgIpc) is 4.13. The highest BCUT2D eigenvalue weighted by atomic mass is 15.2. The lowest BCUT2D eigenvalue weighted by Gasteiger charge is -2.32. The van der Waals surface area contributed by atoms with Crippen LogP contribution in [0.5, 0.6) is 0 Å². The largest absolute Gasteiger partial charge is 0.332 e. The first-order chi connectivity index (χ1) is 35.0. The van der Waals surface area contributed by atoms with E-state index < -0.39 is 0 Å². The van der Waals surface area contributed by atoms with E-state index >= 15 is 0 Å². The molecule has 2 aliphatic heterocycles. The summed E-state index contributed by atoms with van der Waals surface area (Å²) in [6.07, 6.45) is 14.9. The third kappa shape index (κ3) is 6.37. The first kappa shape index (κ1) is 42.8. The van der Waals surface area contributed by atoms with Gasteiger partial charge in [0.25, 0.3) is 0 Å². The normalized spacial score (nSPS) is 19.2. The van der Waals surface area contributed by atoms with E-state index in [9.17, 15) is 0 Å². The average molecular weight is 931 g/mol. The van der Waals surface area contributed by atoms with Crippen LogP contribution in [0.1, 0.15) is 75.6 Å². The molecule has 0 N–H and O–H groups in total. The van der Waals surface area contributed by atoms with Crippen LogP contribution in [0.2, 0.25) is 0 Å². The number of nitrogens with zero attached hydrogens (tertiary/aromatic N) is 4. The predicted octanol–water partition coefficient (Wildman–Crippen LogP) is 17.4. The van der Waals surface area contributed by atoms with E-state index in [0.717, 1.165) is 0 Å². The Morgan fingerprint density at radius 1 is 0.361 bits per heavy atom. The zero-order valence-electron chi connectivity index (χ0n) is 41.9. The zero-order chi connectivity index (χ0) is 48.6. The second-order valence-corrected chi connectivity index (χ2v) is 22.5. The molecule has 0 radical (unpaired) electrons. The molecule has 0 fully saturated rings. The summed E-state index contributed by atoms with van der Waals surface area (Å²) in [4.78, 5) is 5.26. The van der Waals surface area contributed by atoms with Crippen molar-refractivity contribution in [3.05, 3.63) is 252 Å². The van der Waals surface area contributed by atoms with Crippen LogP contribution in [-0.4, -0.2) is 21.2 Å². The lowest BCUT2D eigenvalue weighted by Crippen LogP contribution is -2.30. The van der Waals surface area contributed by atoms with Gasteiger partial charge in [-0.15, -0.1) is 0 Å². The van der Waals surface area contributed by atoms with Crippen molar-refractivity contribution < 1.29 is 0 Å². The maximum absolute atomic E-state index is 2.63. The summed E-state index contributed by atoms with van der Waals surface area (Å²) in [6.45, 7) is 13.9. The van der Waals surface area contributed by atoms with Crippen LogP contribution in [0.25, 0.3) is 55.0 Å². The Morgan fingerprint density at radius 2 is 0.722 bits per heavy atom. The van der Waals surface area contributed by atoms with Gasteiger partial charge in [0.1, 0.15) is 0 Å².